The smallest absolute Gasteiger partial charge is 0.231 e. The molecule has 3 rings (SSSR count). The van der Waals surface area contributed by atoms with Crippen molar-refractivity contribution >= 4 is 34.5 Å². The number of benzene rings is 2. The second-order valence-electron chi connectivity index (χ2n) is 6.94. The Kier molecular flexibility index (Phi) is 6.21. The van der Waals surface area contributed by atoms with E-state index in [9.17, 15) is 9.59 Å². The SMILES string of the molecule is Cc1cccc(NC(=O)Cc2nc(-c3ccc(NC(=O)C(C)C)cc3)cs2)c1. The summed E-state index contributed by atoms with van der Waals surface area (Å²) in [6.45, 7) is 5.70. The third kappa shape index (κ3) is 5.27. The van der Waals surface area contributed by atoms with Gasteiger partial charge in [-0.15, -0.1) is 11.3 Å². The minimum Gasteiger partial charge on any atom is -0.326 e. The summed E-state index contributed by atoms with van der Waals surface area (Å²) in [4.78, 5) is 28.6. The highest BCUT2D eigenvalue weighted by atomic mass is 32.1. The van der Waals surface area contributed by atoms with E-state index < -0.39 is 0 Å². The number of nitrogens with zero attached hydrogens (tertiary/aromatic N) is 1. The normalized spacial score (nSPS) is 10.7. The largest absolute Gasteiger partial charge is 0.326 e. The van der Waals surface area contributed by atoms with Gasteiger partial charge in [-0.05, 0) is 36.8 Å². The molecule has 6 heteroatoms. The molecule has 0 aliphatic heterocycles. The summed E-state index contributed by atoms with van der Waals surface area (Å²) in [5.41, 5.74) is 4.42. The van der Waals surface area contributed by atoms with Crippen molar-refractivity contribution in [1.29, 1.82) is 0 Å². The second kappa shape index (κ2) is 8.80. The molecule has 5 nitrogen and oxygen atoms in total. The highest BCUT2D eigenvalue weighted by Crippen LogP contribution is 2.24. The van der Waals surface area contributed by atoms with Gasteiger partial charge in [0, 0.05) is 28.2 Å². The first kappa shape index (κ1) is 19.8. The van der Waals surface area contributed by atoms with Crippen LogP contribution in [-0.4, -0.2) is 16.8 Å². The Morgan fingerprint density at radius 3 is 2.46 bits per heavy atom. The van der Waals surface area contributed by atoms with E-state index in [-0.39, 0.29) is 24.2 Å². The summed E-state index contributed by atoms with van der Waals surface area (Å²) in [5.74, 6) is -0.159. The van der Waals surface area contributed by atoms with Crippen molar-refractivity contribution in [3.63, 3.8) is 0 Å². The topological polar surface area (TPSA) is 71.1 Å². The fourth-order valence-electron chi connectivity index (χ4n) is 2.60. The molecule has 0 aliphatic rings. The molecule has 2 amide bonds. The molecule has 0 bridgehead atoms. The first-order chi connectivity index (χ1) is 13.4. The molecule has 0 atom stereocenters. The lowest BCUT2D eigenvalue weighted by Crippen LogP contribution is -2.17. The van der Waals surface area contributed by atoms with Gasteiger partial charge in [-0.25, -0.2) is 4.98 Å². The minimum absolute atomic E-state index is 0.0108. The van der Waals surface area contributed by atoms with Crippen molar-refractivity contribution in [3.05, 3.63) is 64.5 Å². The van der Waals surface area contributed by atoms with E-state index in [0.29, 0.717) is 0 Å². The van der Waals surface area contributed by atoms with E-state index in [1.807, 2.05) is 74.7 Å². The van der Waals surface area contributed by atoms with Gasteiger partial charge in [-0.1, -0.05) is 38.1 Å². The van der Waals surface area contributed by atoms with Gasteiger partial charge < -0.3 is 10.6 Å². The summed E-state index contributed by atoms with van der Waals surface area (Å²) >= 11 is 1.46. The molecule has 3 aromatic rings. The maximum Gasteiger partial charge on any atom is 0.231 e. The summed E-state index contributed by atoms with van der Waals surface area (Å²) < 4.78 is 0. The predicted octanol–water partition coefficient (Wildman–Crippen LogP) is 4.89. The highest BCUT2D eigenvalue weighted by molar-refractivity contribution is 7.10. The van der Waals surface area contributed by atoms with Crippen LogP contribution < -0.4 is 10.6 Å². The zero-order valence-corrected chi connectivity index (χ0v) is 17.0. The van der Waals surface area contributed by atoms with Gasteiger partial charge in [0.1, 0.15) is 5.01 Å². The Morgan fingerprint density at radius 1 is 1.04 bits per heavy atom. The molecule has 0 fully saturated rings. The van der Waals surface area contributed by atoms with E-state index in [2.05, 4.69) is 15.6 Å². The van der Waals surface area contributed by atoms with Crippen molar-refractivity contribution in [2.24, 2.45) is 5.92 Å². The van der Waals surface area contributed by atoms with Gasteiger partial charge >= 0.3 is 0 Å². The fourth-order valence-corrected chi connectivity index (χ4v) is 3.40. The number of rotatable bonds is 6. The minimum atomic E-state index is -0.0850. The number of hydrogen-bond acceptors (Lipinski definition) is 4. The number of aryl methyl sites for hydroxylation is 1. The summed E-state index contributed by atoms with van der Waals surface area (Å²) in [6, 6.07) is 15.3. The molecule has 2 aromatic carbocycles. The Bertz CT molecular complexity index is 977. The van der Waals surface area contributed by atoms with Gasteiger partial charge in [-0.3, -0.25) is 9.59 Å². The van der Waals surface area contributed by atoms with Crippen LogP contribution in [0.4, 0.5) is 11.4 Å². The lowest BCUT2D eigenvalue weighted by atomic mass is 10.1. The van der Waals surface area contributed by atoms with Crippen LogP contribution in [0.3, 0.4) is 0 Å². The standard InChI is InChI=1S/C22H23N3O2S/c1-14(2)22(27)24-17-9-7-16(8-10-17)19-13-28-21(25-19)12-20(26)23-18-6-4-5-15(3)11-18/h4-11,13-14H,12H2,1-3H3,(H,23,26)(H,24,27). The maximum absolute atomic E-state index is 12.3. The summed E-state index contributed by atoms with van der Waals surface area (Å²) in [5, 5.41) is 8.47. The van der Waals surface area contributed by atoms with E-state index in [4.69, 9.17) is 0 Å². The quantitative estimate of drug-likeness (QED) is 0.626. The van der Waals surface area contributed by atoms with Gasteiger partial charge in [0.2, 0.25) is 11.8 Å². The number of aromatic nitrogens is 1. The van der Waals surface area contributed by atoms with Crippen LogP contribution in [0.5, 0.6) is 0 Å². The first-order valence-electron chi connectivity index (χ1n) is 9.13. The van der Waals surface area contributed by atoms with Crippen LogP contribution in [0.15, 0.2) is 53.9 Å². The van der Waals surface area contributed by atoms with Crippen LogP contribution in [-0.2, 0) is 16.0 Å². The average Bonchev–Trinajstić information content (AvgIpc) is 3.10. The molecule has 2 N–H and O–H groups in total. The Balaban J connectivity index is 1.62. The molecular formula is C22H23N3O2S. The van der Waals surface area contributed by atoms with Crippen molar-refractivity contribution in [2.45, 2.75) is 27.2 Å². The van der Waals surface area contributed by atoms with Crippen molar-refractivity contribution in [1.82, 2.24) is 4.98 Å². The van der Waals surface area contributed by atoms with E-state index in [0.717, 1.165) is 33.2 Å². The number of thiazole rings is 1. The molecule has 0 spiro atoms. The fraction of sp³-hybridized carbons (Fsp3) is 0.227. The van der Waals surface area contributed by atoms with Crippen molar-refractivity contribution in [2.75, 3.05) is 10.6 Å². The molecule has 0 unspecified atom stereocenters. The Morgan fingerprint density at radius 2 is 1.79 bits per heavy atom. The molecule has 28 heavy (non-hydrogen) atoms. The van der Waals surface area contributed by atoms with Crippen LogP contribution in [0.1, 0.15) is 24.4 Å². The number of amides is 2. The Labute approximate surface area is 168 Å². The number of carbonyl (C=O) groups is 2. The summed E-state index contributed by atoms with van der Waals surface area (Å²) in [7, 11) is 0. The molecule has 144 valence electrons. The number of anilines is 2. The molecular weight excluding hydrogens is 370 g/mol. The van der Waals surface area contributed by atoms with Crippen LogP contribution in [0.2, 0.25) is 0 Å². The number of carbonyl (C=O) groups excluding carboxylic acids is 2. The van der Waals surface area contributed by atoms with Gasteiger partial charge in [0.15, 0.2) is 0 Å². The number of hydrogen-bond donors (Lipinski definition) is 2. The van der Waals surface area contributed by atoms with E-state index in [1.54, 1.807) is 0 Å². The second-order valence-corrected chi connectivity index (χ2v) is 7.88. The van der Waals surface area contributed by atoms with Crippen molar-refractivity contribution < 1.29 is 9.59 Å². The zero-order valence-electron chi connectivity index (χ0n) is 16.2. The van der Waals surface area contributed by atoms with Crippen LogP contribution >= 0.6 is 11.3 Å². The number of nitrogens with one attached hydrogen (secondary N) is 2. The summed E-state index contributed by atoms with van der Waals surface area (Å²) in [6.07, 6.45) is 0.237. The molecule has 0 saturated carbocycles. The first-order valence-corrected chi connectivity index (χ1v) is 10.0. The lowest BCUT2D eigenvalue weighted by Gasteiger charge is -2.08. The monoisotopic (exact) mass is 393 g/mol. The van der Waals surface area contributed by atoms with Gasteiger partial charge in [-0.2, -0.15) is 0 Å². The predicted molar refractivity (Wildman–Crippen MR) is 115 cm³/mol. The van der Waals surface area contributed by atoms with Gasteiger partial charge in [0.05, 0.1) is 12.1 Å². The van der Waals surface area contributed by atoms with E-state index in [1.165, 1.54) is 11.3 Å². The molecule has 1 aromatic heterocycles. The van der Waals surface area contributed by atoms with Crippen molar-refractivity contribution in [3.8, 4) is 11.3 Å². The lowest BCUT2D eigenvalue weighted by molar-refractivity contribution is -0.119. The average molecular weight is 394 g/mol. The third-order valence-electron chi connectivity index (χ3n) is 4.14. The molecule has 1 heterocycles. The zero-order chi connectivity index (χ0) is 20.1. The Hall–Kier alpha value is -2.99. The van der Waals surface area contributed by atoms with Gasteiger partial charge in [0.25, 0.3) is 0 Å². The maximum atomic E-state index is 12.3. The highest BCUT2D eigenvalue weighted by Gasteiger charge is 2.11. The van der Waals surface area contributed by atoms with Crippen LogP contribution in [0, 0.1) is 12.8 Å². The molecule has 0 aliphatic carbocycles. The third-order valence-corrected chi connectivity index (χ3v) is 4.99. The molecule has 0 saturated heterocycles. The molecule has 0 radical (unpaired) electrons. The van der Waals surface area contributed by atoms with Crippen LogP contribution in [0.25, 0.3) is 11.3 Å². The van der Waals surface area contributed by atoms with E-state index >= 15 is 0 Å².